The Bertz CT molecular complexity index is 554. The Balaban J connectivity index is 2.63. The highest BCUT2D eigenvalue weighted by Gasteiger charge is 2.22. The summed E-state index contributed by atoms with van der Waals surface area (Å²) < 4.78 is 10.8. The van der Waals surface area contributed by atoms with Gasteiger partial charge in [0, 0.05) is 0 Å². The van der Waals surface area contributed by atoms with E-state index in [4.69, 9.17) is 14.3 Å². The average molecular weight is 234 g/mol. The van der Waals surface area contributed by atoms with Crippen molar-refractivity contribution in [2.45, 2.75) is 20.3 Å². The van der Waals surface area contributed by atoms with Crippen molar-refractivity contribution in [2.24, 2.45) is 0 Å². The molecular formula is C13H14O4. The van der Waals surface area contributed by atoms with Crippen molar-refractivity contribution in [3.8, 4) is 5.75 Å². The number of rotatable bonds is 4. The number of para-hydroxylation sites is 1. The maximum absolute atomic E-state index is 11.1. The number of carbonyl (C=O) groups is 1. The molecule has 1 aromatic heterocycles. The Kier molecular flexibility index (Phi) is 3.04. The highest BCUT2D eigenvalue weighted by molar-refractivity contribution is 5.98. The quantitative estimate of drug-likeness (QED) is 0.882. The van der Waals surface area contributed by atoms with Crippen LogP contribution < -0.4 is 4.74 Å². The van der Waals surface area contributed by atoms with Gasteiger partial charge in [-0.15, -0.1) is 0 Å². The molecule has 0 aliphatic carbocycles. The number of ether oxygens (including phenoxy) is 1. The van der Waals surface area contributed by atoms with Gasteiger partial charge < -0.3 is 14.3 Å². The molecule has 2 aromatic rings. The van der Waals surface area contributed by atoms with Crippen LogP contribution in [-0.2, 0) is 0 Å². The number of benzene rings is 1. The second kappa shape index (κ2) is 4.49. The summed E-state index contributed by atoms with van der Waals surface area (Å²) in [7, 11) is 0. The summed E-state index contributed by atoms with van der Waals surface area (Å²) in [5, 5.41) is 9.80. The molecule has 0 aliphatic rings. The fourth-order valence-corrected chi connectivity index (χ4v) is 1.73. The van der Waals surface area contributed by atoms with E-state index in [0.717, 1.165) is 17.4 Å². The van der Waals surface area contributed by atoms with Gasteiger partial charge in [0.15, 0.2) is 5.75 Å². The van der Waals surface area contributed by atoms with Crippen LogP contribution in [-0.4, -0.2) is 17.7 Å². The van der Waals surface area contributed by atoms with E-state index in [1.54, 1.807) is 0 Å². The highest BCUT2D eigenvalue weighted by atomic mass is 16.5. The van der Waals surface area contributed by atoms with Crippen LogP contribution in [0.15, 0.2) is 22.6 Å². The largest absolute Gasteiger partial charge is 0.489 e. The number of furan rings is 1. The number of aromatic carboxylic acids is 1. The lowest BCUT2D eigenvalue weighted by Gasteiger charge is -2.02. The van der Waals surface area contributed by atoms with E-state index in [-0.39, 0.29) is 5.76 Å². The molecule has 2 rings (SSSR count). The molecule has 0 bridgehead atoms. The summed E-state index contributed by atoms with van der Waals surface area (Å²) in [5.41, 5.74) is 1.48. The zero-order chi connectivity index (χ0) is 12.4. The summed E-state index contributed by atoms with van der Waals surface area (Å²) in [6, 6.07) is 5.54. The monoisotopic (exact) mass is 234 g/mol. The van der Waals surface area contributed by atoms with Gasteiger partial charge in [0.25, 0.3) is 5.76 Å². The molecule has 0 saturated heterocycles. The van der Waals surface area contributed by atoms with Crippen molar-refractivity contribution >= 4 is 16.9 Å². The zero-order valence-corrected chi connectivity index (χ0v) is 9.82. The van der Waals surface area contributed by atoms with Crippen molar-refractivity contribution in [3.05, 3.63) is 29.5 Å². The van der Waals surface area contributed by atoms with Gasteiger partial charge in [-0.25, -0.2) is 4.79 Å². The van der Waals surface area contributed by atoms with Gasteiger partial charge in [0.1, 0.15) is 5.58 Å². The molecule has 4 nitrogen and oxygen atoms in total. The van der Waals surface area contributed by atoms with E-state index in [1.807, 2.05) is 32.0 Å². The SMILES string of the molecule is CCCOc1c(C(=O)O)oc2c(C)cccc12. The summed E-state index contributed by atoms with van der Waals surface area (Å²) >= 11 is 0. The van der Waals surface area contributed by atoms with E-state index in [1.165, 1.54) is 0 Å². The zero-order valence-electron chi connectivity index (χ0n) is 9.82. The number of carboxylic acid groups (broad SMARTS) is 1. The van der Waals surface area contributed by atoms with Crippen LogP contribution in [0.25, 0.3) is 11.0 Å². The van der Waals surface area contributed by atoms with Gasteiger partial charge in [-0.1, -0.05) is 19.1 Å². The van der Waals surface area contributed by atoms with Gasteiger partial charge in [-0.05, 0) is 25.0 Å². The van der Waals surface area contributed by atoms with Crippen molar-refractivity contribution in [3.63, 3.8) is 0 Å². The Morgan fingerprint density at radius 1 is 1.47 bits per heavy atom. The first-order valence-electron chi connectivity index (χ1n) is 5.53. The van der Waals surface area contributed by atoms with Crippen molar-refractivity contribution < 1.29 is 19.1 Å². The van der Waals surface area contributed by atoms with E-state index >= 15 is 0 Å². The van der Waals surface area contributed by atoms with Crippen LogP contribution >= 0.6 is 0 Å². The third kappa shape index (κ3) is 1.98. The minimum absolute atomic E-state index is 0.122. The molecule has 1 heterocycles. The van der Waals surface area contributed by atoms with E-state index in [2.05, 4.69) is 0 Å². The molecule has 1 N–H and O–H groups in total. The van der Waals surface area contributed by atoms with Crippen LogP contribution in [0, 0.1) is 6.92 Å². The average Bonchev–Trinajstić information content (AvgIpc) is 2.67. The highest BCUT2D eigenvalue weighted by Crippen LogP contribution is 2.34. The lowest BCUT2D eigenvalue weighted by atomic mass is 10.1. The summed E-state index contributed by atoms with van der Waals surface area (Å²) in [4.78, 5) is 11.1. The van der Waals surface area contributed by atoms with Crippen molar-refractivity contribution in [1.29, 1.82) is 0 Å². The first kappa shape index (κ1) is 11.5. The van der Waals surface area contributed by atoms with Gasteiger partial charge in [-0.3, -0.25) is 0 Å². The molecule has 0 amide bonds. The van der Waals surface area contributed by atoms with Crippen LogP contribution in [0.3, 0.4) is 0 Å². The molecule has 0 radical (unpaired) electrons. The third-order valence-electron chi connectivity index (χ3n) is 2.51. The van der Waals surface area contributed by atoms with Gasteiger partial charge >= 0.3 is 5.97 Å². The normalized spacial score (nSPS) is 10.7. The molecule has 1 aromatic carbocycles. The lowest BCUT2D eigenvalue weighted by Crippen LogP contribution is -2.01. The van der Waals surface area contributed by atoms with Crippen LogP contribution in [0.2, 0.25) is 0 Å². The van der Waals surface area contributed by atoms with E-state index in [9.17, 15) is 4.79 Å². The molecule has 17 heavy (non-hydrogen) atoms. The predicted molar refractivity (Wildman–Crippen MR) is 63.7 cm³/mol. The lowest BCUT2D eigenvalue weighted by molar-refractivity contribution is 0.0658. The second-order valence-corrected chi connectivity index (χ2v) is 3.87. The minimum Gasteiger partial charge on any atom is -0.489 e. The summed E-state index contributed by atoms with van der Waals surface area (Å²) in [5.74, 6) is -0.896. The summed E-state index contributed by atoms with van der Waals surface area (Å²) in [6.45, 7) is 4.32. The number of hydrogen-bond donors (Lipinski definition) is 1. The first-order valence-corrected chi connectivity index (χ1v) is 5.53. The molecular weight excluding hydrogens is 220 g/mol. The molecule has 0 atom stereocenters. The Hall–Kier alpha value is -1.97. The molecule has 4 heteroatoms. The molecule has 90 valence electrons. The first-order chi connectivity index (χ1) is 8.15. The predicted octanol–water partition coefficient (Wildman–Crippen LogP) is 3.23. The van der Waals surface area contributed by atoms with Gasteiger partial charge in [-0.2, -0.15) is 0 Å². The van der Waals surface area contributed by atoms with Crippen LogP contribution in [0.5, 0.6) is 5.75 Å². The molecule has 0 unspecified atom stereocenters. The molecule has 0 spiro atoms. The number of hydrogen-bond acceptors (Lipinski definition) is 3. The second-order valence-electron chi connectivity index (χ2n) is 3.87. The van der Waals surface area contributed by atoms with Crippen LogP contribution in [0.4, 0.5) is 0 Å². The smallest absolute Gasteiger partial charge is 0.375 e. The fourth-order valence-electron chi connectivity index (χ4n) is 1.73. The van der Waals surface area contributed by atoms with Crippen LogP contribution in [0.1, 0.15) is 29.5 Å². The van der Waals surface area contributed by atoms with E-state index < -0.39 is 5.97 Å². The fraction of sp³-hybridized carbons (Fsp3) is 0.308. The standard InChI is InChI=1S/C13H14O4/c1-3-7-16-11-9-6-4-5-8(2)10(9)17-12(11)13(14)15/h4-6H,3,7H2,1-2H3,(H,14,15). The van der Waals surface area contributed by atoms with Gasteiger partial charge in [0.2, 0.25) is 0 Å². The Morgan fingerprint density at radius 3 is 2.88 bits per heavy atom. The number of carboxylic acids is 1. The molecule has 0 fully saturated rings. The Labute approximate surface area is 98.8 Å². The number of fused-ring (bicyclic) bond motifs is 1. The number of aryl methyl sites for hydroxylation is 1. The van der Waals surface area contributed by atoms with Crippen molar-refractivity contribution in [1.82, 2.24) is 0 Å². The summed E-state index contributed by atoms with van der Waals surface area (Å²) in [6.07, 6.45) is 0.817. The Morgan fingerprint density at radius 2 is 2.24 bits per heavy atom. The van der Waals surface area contributed by atoms with Gasteiger partial charge in [0.05, 0.1) is 12.0 Å². The third-order valence-corrected chi connectivity index (χ3v) is 2.51. The van der Waals surface area contributed by atoms with E-state index in [0.29, 0.717) is 17.9 Å². The maximum atomic E-state index is 11.1. The minimum atomic E-state index is -1.10. The molecule has 0 aliphatic heterocycles. The molecule has 0 saturated carbocycles. The topological polar surface area (TPSA) is 59.7 Å². The maximum Gasteiger partial charge on any atom is 0.375 e. The van der Waals surface area contributed by atoms with Crippen molar-refractivity contribution in [2.75, 3.05) is 6.61 Å².